The number of morpholine rings is 1. The number of fused-ring (bicyclic) bond motifs is 1. The summed E-state index contributed by atoms with van der Waals surface area (Å²) in [6, 6.07) is 5.74. The molecule has 1 saturated heterocycles. The number of nitrogens with zero attached hydrogens (tertiary/aromatic N) is 1. The molecule has 25 heavy (non-hydrogen) atoms. The van der Waals surface area contributed by atoms with Crippen LogP contribution in [0.5, 0.6) is 11.5 Å². The van der Waals surface area contributed by atoms with Gasteiger partial charge < -0.3 is 19.5 Å². The van der Waals surface area contributed by atoms with Crippen LogP contribution in [0.4, 0.5) is 0 Å². The summed E-state index contributed by atoms with van der Waals surface area (Å²) < 4.78 is 16.6. The fourth-order valence-electron chi connectivity index (χ4n) is 3.08. The van der Waals surface area contributed by atoms with Crippen LogP contribution in [0.2, 0.25) is 0 Å². The molecule has 0 aromatic heterocycles. The predicted octanol–water partition coefficient (Wildman–Crippen LogP) is 1.70. The molecule has 0 unspecified atom stereocenters. The molecule has 1 atom stereocenters. The van der Waals surface area contributed by atoms with Gasteiger partial charge in [0.25, 0.3) is 5.91 Å². The van der Waals surface area contributed by atoms with Gasteiger partial charge in [0.1, 0.15) is 18.1 Å². The molecular weight excluding hydrogens is 320 g/mol. The summed E-state index contributed by atoms with van der Waals surface area (Å²) in [6.07, 6.45) is 1.89. The topological polar surface area (TPSA) is 60.0 Å². The Bertz CT molecular complexity index is 638. The zero-order valence-corrected chi connectivity index (χ0v) is 14.9. The number of rotatable bonds is 6. The number of hydrogen-bond acceptors (Lipinski definition) is 5. The molecule has 2 heterocycles. The first-order valence-corrected chi connectivity index (χ1v) is 8.87. The van der Waals surface area contributed by atoms with Gasteiger partial charge in [0.2, 0.25) is 0 Å². The molecule has 3 rings (SSSR count). The summed E-state index contributed by atoms with van der Waals surface area (Å²) in [5, 5.41) is 3.07. The van der Waals surface area contributed by atoms with Crippen molar-refractivity contribution in [2.24, 2.45) is 0 Å². The van der Waals surface area contributed by atoms with Crippen molar-refractivity contribution in [3.8, 4) is 11.5 Å². The average molecular weight is 346 g/mol. The van der Waals surface area contributed by atoms with Crippen LogP contribution in [0.15, 0.2) is 23.8 Å². The van der Waals surface area contributed by atoms with E-state index in [1.165, 1.54) is 0 Å². The second-order valence-electron chi connectivity index (χ2n) is 6.38. The zero-order valence-electron chi connectivity index (χ0n) is 14.9. The van der Waals surface area contributed by atoms with E-state index in [0.29, 0.717) is 12.2 Å². The minimum absolute atomic E-state index is 0.0719. The lowest BCUT2D eigenvalue weighted by Crippen LogP contribution is -2.46. The van der Waals surface area contributed by atoms with E-state index >= 15 is 0 Å². The van der Waals surface area contributed by atoms with Crippen LogP contribution >= 0.6 is 0 Å². The quantitative estimate of drug-likeness (QED) is 0.850. The summed E-state index contributed by atoms with van der Waals surface area (Å²) in [6.45, 7) is 9.05. The van der Waals surface area contributed by atoms with Gasteiger partial charge in [0.15, 0.2) is 0 Å². The first-order chi connectivity index (χ1) is 12.2. The van der Waals surface area contributed by atoms with Gasteiger partial charge in [0.05, 0.1) is 25.4 Å². The molecule has 1 aromatic carbocycles. The SMILES string of the molecule is CCOc1ccc2c(c1)C=C(C(=O)N[C@H](C)CN1CCOCC1)CO2. The van der Waals surface area contributed by atoms with Crippen LogP contribution in [0.3, 0.4) is 0 Å². The Morgan fingerprint density at radius 1 is 1.36 bits per heavy atom. The number of carbonyl (C=O) groups excluding carboxylic acids is 1. The van der Waals surface area contributed by atoms with Gasteiger partial charge in [-0.25, -0.2) is 0 Å². The molecule has 0 radical (unpaired) electrons. The predicted molar refractivity (Wildman–Crippen MR) is 95.9 cm³/mol. The van der Waals surface area contributed by atoms with E-state index in [9.17, 15) is 4.79 Å². The highest BCUT2D eigenvalue weighted by Crippen LogP contribution is 2.30. The molecule has 1 aromatic rings. The Morgan fingerprint density at radius 2 is 2.16 bits per heavy atom. The second kappa shape index (κ2) is 8.36. The maximum atomic E-state index is 12.5. The molecular formula is C19H26N2O4. The number of benzene rings is 1. The maximum Gasteiger partial charge on any atom is 0.250 e. The van der Waals surface area contributed by atoms with Gasteiger partial charge in [-0.2, -0.15) is 0 Å². The van der Waals surface area contributed by atoms with Crippen LogP contribution < -0.4 is 14.8 Å². The molecule has 6 heteroatoms. The minimum atomic E-state index is -0.0757. The number of amides is 1. The monoisotopic (exact) mass is 346 g/mol. The van der Waals surface area contributed by atoms with Crippen LogP contribution in [-0.2, 0) is 9.53 Å². The number of nitrogens with one attached hydrogen (secondary N) is 1. The fraction of sp³-hybridized carbons (Fsp3) is 0.526. The van der Waals surface area contributed by atoms with Crippen molar-refractivity contribution in [2.45, 2.75) is 19.9 Å². The largest absolute Gasteiger partial charge is 0.494 e. The third kappa shape index (κ3) is 4.74. The number of ether oxygens (including phenoxy) is 3. The summed E-state index contributed by atoms with van der Waals surface area (Å²) in [5.41, 5.74) is 1.51. The van der Waals surface area contributed by atoms with E-state index in [-0.39, 0.29) is 18.6 Å². The summed E-state index contributed by atoms with van der Waals surface area (Å²) in [4.78, 5) is 14.8. The van der Waals surface area contributed by atoms with Gasteiger partial charge in [-0.15, -0.1) is 0 Å². The van der Waals surface area contributed by atoms with E-state index in [1.54, 1.807) is 0 Å². The van der Waals surface area contributed by atoms with Crippen LogP contribution in [-0.4, -0.2) is 62.9 Å². The van der Waals surface area contributed by atoms with Gasteiger partial charge in [-0.3, -0.25) is 9.69 Å². The molecule has 2 aliphatic rings. The average Bonchev–Trinajstić information content (AvgIpc) is 2.62. The highest BCUT2D eigenvalue weighted by atomic mass is 16.5. The van der Waals surface area contributed by atoms with E-state index in [2.05, 4.69) is 10.2 Å². The molecule has 2 aliphatic heterocycles. The van der Waals surface area contributed by atoms with Gasteiger partial charge >= 0.3 is 0 Å². The normalized spacial score (nSPS) is 18.6. The lowest BCUT2D eigenvalue weighted by Gasteiger charge is -2.29. The molecule has 136 valence electrons. The third-order valence-electron chi connectivity index (χ3n) is 4.31. The lowest BCUT2D eigenvalue weighted by molar-refractivity contribution is -0.118. The summed E-state index contributed by atoms with van der Waals surface area (Å²) >= 11 is 0. The summed E-state index contributed by atoms with van der Waals surface area (Å²) in [7, 11) is 0. The molecule has 0 spiro atoms. The minimum Gasteiger partial charge on any atom is -0.494 e. The molecule has 6 nitrogen and oxygen atoms in total. The molecule has 0 aliphatic carbocycles. The standard InChI is InChI=1S/C19H26N2O4/c1-3-24-17-4-5-18-15(11-17)10-16(13-25-18)19(22)20-14(2)12-21-6-8-23-9-7-21/h4-5,10-11,14H,3,6-9,12-13H2,1-2H3,(H,20,22)/t14-/m1/s1. The van der Waals surface area contributed by atoms with Gasteiger partial charge in [-0.1, -0.05) is 0 Å². The number of carbonyl (C=O) groups is 1. The van der Waals surface area contributed by atoms with Crippen molar-refractivity contribution < 1.29 is 19.0 Å². The van der Waals surface area contributed by atoms with E-state index < -0.39 is 0 Å². The fourth-order valence-corrected chi connectivity index (χ4v) is 3.08. The third-order valence-corrected chi connectivity index (χ3v) is 4.31. The van der Waals surface area contributed by atoms with Crippen LogP contribution in [0.1, 0.15) is 19.4 Å². The Balaban J connectivity index is 1.60. The molecule has 0 saturated carbocycles. The van der Waals surface area contributed by atoms with Crippen LogP contribution in [0, 0.1) is 0 Å². The van der Waals surface area contributed by atoms with E-state index in [4.69, 9.17) is 14.2 Å². The molecule has 1 amide bonds. The Labute approximate surface area is 148 Å². The van der Waals surface area contributed by atoms with Gasteiger partial charge in [-0.05, 0) is 38.1 Å². The Kier molecular flexibility index (Phi) is 5.94. The zero-order chi connectivity index (χ0) is 17.6. The molecule has 1 N–H and O–H groups in total. The van der Waals surface area contributed by atoms with Crippen molar-refractivity contribution in [3.05, 3.63) is 29.3 Å². The smallest absolute Gasteiger partial charge is 0.250 e. The lowest BCUT2D eigenvalue weighted by atomic mass is 10.1. The van der Waals surface area contributed by atoms with Crippen molar-refractivity contribution in [1.82, 2.24) is 10.2 Å². The summed E-state index contributed by atoms with van der Waals surface area (Å²) in [5.74, 6) is 1.48. The van der Waals surface area contributed by atoms with Crippen molar-refractivity contribution in [1.29, 1.82) is 0 Å². The molecule has 0 bridgehead atoms. The van der Waals surface area contributed by atoms with E-state index in [0.717, 1.165) is 49.9 Å². The van der Waals surface area contributed by atoms with Crippen molar-refractivity contribution >= 4 is 12.0 Å². The van der Waals surface area contributed by atoms with Crippen molar-refractivity contribution in [3.63, 3.8) is 0 Å². The molecule has 1 fully saturated rings. The first kappa shape index (κ1) is 17.8. The van der Waals surface area contributed by atoms with E-state index in [1.807, 2.05) is 38.1 Å². The highest BCUT2D eigenvalue weighted by Gasteiger charge is 2.20. The Morgan fingerprint density at radius 3 is 2.92 bits per heavy atom. The number of hydrogen-bond donors (Lipinski definition) is 1. The first-order valence-electron chi connectivity index (χ1n) is 8.87. The van der Waals surface area contributed by atoms with Gasteiger partial charge in [0, 0.05) is 31.2 Å². The Hall–Kier alpha value is -2.05. The van der Waals surface area contributed by atoms with Crippen LogP contribution in [0.25, 0.3) is 6.08 Å². The highest BCUT2D eigenvalue weighted by molar-refractivity contribution is 5.99. The maximum absolute atomic E-state index is 12.5. The van der Waals surface area contributed by atoms with Crippen molar-refractivity contribution in [2.75, 3.05) is 46.1 Å². The second-order valence-corrected chi connectivity index (χ2v) is 6.38.